The molecule has 0 aromatic rings. The first-order chi connectivity index (χ1) is 20.2. The lowest BCUT2D eigenvalue weighted by Gasteiger charge is -2.21. The van der Waals surface area contributed by atoms with Crippen LogP contribution in [0.5, 0.6) is 0 Å². The van der Waals surface area contributed by atoms with E-state index in [9.17, 15) is 33.6 Å². The summed E-state index contributed by atoms with van der Waals surface area (Å²) < 4.78 is 0. The first-order valence-electron chi connectivity index (χ1n) is 13.2. The molecule has 0 radical (unpaired) electrons. The van der Waals surface area contributed by atoms with Crippen LogP contribution < -0.4 is 49.5 Å². The van der Waals surface area contributed by atoms with E-state index in [-0.39, 0.29) is 25.3 Å². The number of nitrogens with two attached hydrogens (primary N) is 4. The van der Waals surface area contributed by atoms with Crippen LogP contribution in [0.1, 0.15) is 38.5 Å². The van der Waals surface area contributed by atoms with Gasteiger partial charge >= 0.3 is 11.9 Å². The number of rotatable bonds is 22. The van der Waals surface area contributed by atoms with Gasteiger partial charge in [-0.05, 0) is 32.2 Å². The van der Waals surface area contributed by atoms with Gasteiger partial charge in [0.15, 0.2) is 5.96 Å². The lowest BCUT2D eigenvalue weighted by molar-refractivity contribution is -0.144. The molecule has 4 unspecified atom stereocenters. The zero-order valence-corrected chi connectivity index (χ0v) is 23.5. The molecule has 16 N–H and O–H groups in total. The highest BCUT2D eigenvalue weighted by atomic mass is 16.4. The van der Waals surface area contributed by atoms with Crippen LogP contribution >= 0.6 is 0 Å². The standard InChI is InChI=1S/C23H42N10O10/c24-6-2-1-4-12(25)19(39)29-9-16(35)31-13(5-3-7-28-23(26)27)20(40)30-10-17(36)32-14(8-18(37)38)21(41)33-15(11-34)22(42)43/h12-15,34H,1-11,24-25H2,(H,29,39)(H,30,40)(H,31,35)(H,32,36)(H,33,41)(H,37,38)(H,42,43)(H4,26,27,28). The van der Waals surface area contributed by atoms with Gasteiger partial charge in [0, 0.05) is 6.54 Å². The van der Waals surface area contributed by atoms with Crippen molar-refractivity contribution in [2.45, 2.75) is 62.7 Å². The second-order valence-corrected chi connectivity index (χ2v) is 9.20. The molecule has 0 rings (SSSR count). The van der Waals surface area contributed by atoms with Gasteiger partial charge < -0.3 is 64.8 Å². The van der Waals surface area contributed by atoms with E-state index >= 15 is 0 Å². The maximum atomic E-state index is 12.8. The second-order valence-electron chi connectivity index (χ2n) is 9.20. The zero-order valence-electron chi connectivity index (χ0n) is 23.5. The maximum absolute atomic E-state index is 12.8. The molecule has 0 fully saturated rings. The number of nitrogens with one attached hydrogen (secondary N) is 5. The van der Waals surface area contributed by atoms with Crippen LogP contribution in [0, 0.1) is 0 Å². The van der Waals surface area contributed by atoms with E-state index in [1.807, 2.05) is 5.32 Å². The highest BCUT2D eigenvalue weighted by Crippen LogP contribution is 2.01. The molecular formula is C23H42N10O10. The third kappa shape index (κ3) is 17.8. The minimum absolute atomic E-state index is 0.00427. The smallest absolute Gasteiger partial charge is 0.328 e. The van der Waals surface area contributed by atoms with Crippen molar-refractivity contribution in [3.05, 3.63) is 0 Å². The third-order valence-corrected chi connectivity index (χ3v) is 5.58. The van der Waals surface area contributed by atoms with E-state index in [4.69, 9.17) is 38.3 Å². The van der Waals surface area contributed by atoms with Crippen LogP contribution in [-0.2, 0) is 33.6 Å². The van der Waals surface area contributed by atoms with Crippen molar-refractivity contribution < 1.29 is 48.9 Å². The quantitative estimate of drug-likeness (QED) is 0.0305. The van der Waals surface area contributed by atoms with Gasteiger partial charge in [0.2, 0.25) is 29.5 Å². The number of hydrogen-bond acceptors (Lipinski definition) is 11. The van der Waals surface area contributed by atoms with Crippen LogP contribution in [0.3, 0.4) is 0 Å². The molecular weight excluding hydrogens is 576 g/mol. The van der Waals surface area contributed by atoms with Gasteiger partial charge in [0.25, 0.3) is 0 Å². The fourth-order valence-corrected chi connectivity index (χ4v) is 3.33. The molecule has 0 aliphatic carbocycles. The summed E-state index contributed by atoms with van der Waals surface area (Å²) in [7, 11) is 0. The molecule has 5 amide bonds. The summed E-state index contributed by atoms with van der Waals surface area (Å²) in [6, 6.07) is -5.57. The van der Waals surface area contributed by atoms with Gasteiger partial charge in [-0.15, -0.1) is 0 Å². The number of nitrogens with zero attached hydrogens (tertiary/aromatic N) is 1. The van der Waals surface area contributed by atoms with Crippen molar-refractivity contribution >= 4 is 47.4 Å². The number of hydrogen-bond donors (Lipinski definition) is 12. The first-order valence-corrected chi connectivity index (χ1v) is 13.2. The molecule has 0 aliphatic rings. The molecule has 0 spiro atoms. The average molecular weight is 619 g/mol. The SMILES string of the molecule is NCCCCC(N)C(=O)NCC(=O)NC(CCCN=C(N)N)C(=O)NCC(=O)NC(CC(=O)O)C(=O)NC(CO)C(=O)O. The monoisotopic (exact) mass is 618 g/mol. The molecule has 0 heterocycles. The van der Waals surface area contributed by atoms with E-state index in [1.54, 1.807) is 0 Å². The van der Waals surface area contributed by atoms with Gasteiger partial charge in [-0.2, -0.15) is 0 Å². The van der Waals surface area contributed by atoms with E-state index in [0.29, 0.717) is 25.8 Å². The molecule has 0 saturated carbocycles. The topological polar surface area (TPSA) is 357 Å². The molecule has 0 aromatic carbocycles. The highest BCUT2D eigenvalue weighted by Gasteiger charge is 2.28. The molecule has 244 valence electrons. The number of aliphatic hydroxyl groups is 1. The van der Waals surface area contributed by atoms with Crippen molar-refractivity contribution in [2.75, 3.05) is 32.8 Å². The molecule has 0 bridgehead atoms. The molecule has 43 heavy (non-hydrogen) atoms. The van der Waals surface area contributed by atoms with Crippen LogP contribution in [0.4, 0.5) is 0 Å². The van der Waals surface area contributed by atoms with E-state index in [2.05, 4.69) is 26.3 Å². The fraction of sp³-hybridized carbons (Fsp3) is 0.652. The first kappa shape index (κ1) is 38.4. The molecule has 20 nitrogen and oxygen atoms in total. The minimum atomic E-state index is -1.75. The van der Waals surface area contributed by atoms with Crippen molar-refractivity contribution in [3.8, 4) is 0 Å². The van der Waals surface area contributed by atoms with Crippen molar-refractivity contribution in [2.24, 2.45) is 27.9 Å². The number of amides is 5. The summed E-state index contributed by atoms with van der Waals surface area (Å²) >= 11 is 0. The van der Waals surface area contributed by atoms with E-state index in [1.165, 1.54) is 0 Å². The number of aliphatic hydroxyl groups excluding tert-OH is 1. The fourth-order valence-electron chi connectivity index (χ4n) is 3.33. The minimum Gasteiger partial charge on any atom is -0.481 e. The molecule has 0 saturated heterocycles. The number of carboxylic acid groups (broad SMARTS) is 2. The van der Waals surface area contributed by atoms with Crippen LogP contribution in [0.2, 0.25) is 0 Å². The number of guanidine groups is 1. The van der Waals surface area contributed by atoms with Gasteiger partial charge in [-0.3, -0.25) is 33.8 Å². The maximum Gasteiger partial charge on any atom is 0.328 e. The Kier molecular flexibility index (Phi) is 18.9. The Morgan fingerprint density at radius 2 is 1.30 bits per heavy atom. The summed E-state index contributed by atoms with van der Waals surface area (Å²) in [6.45, 7) is -1.71. The average Bonchev–Trinajstić information content (AvgIpc) is 2.93. The number of carboxylic acids is 2. The Balaban J connectivity index is 5.23. The van der Waals surface area contributed by atoms with Crippen LogP contribution in [0.25, 0.3) is 0 Å². The highest BCUT2D eigenvalue weighted by molar-refractivity contribution is 5.95. The Morgan fingerprint density at radius 1 is 0.721 bits per heavy atom. The number of unbranched alkanes of at least 4 members (excludes halogenated alkanes) is 1. The van der Waals surface area contributed by atoms with Crippen LogP contribution in [-0.4, -0.2) is 120 Å². The largest absolute Gasteiger partial charge is 0.481 e. The predicted molar refractivity (Wildman–Crippen MR) is 150 cm³/mol. The lowest BCUT2D eigenvalue weighted by Crippen LogP contribution is -2.55. The number of carbonyl (C=O) groups is 7. The number of aliphatic carboxylic acids is 2. The summed E-state index contributed by atoms with van der Waals surface area (Å²) in [5.41, 5.74) is 21.7. The summed E-state index contributed by atoms with van der Waals surface area (Å²) in [5.74, 6) is -7.69. The summed E-state index contributed by atoms with van der Waals surface area (Å²) in [4.78, 5) is 88.0. The summed E-state index contributed by atoms with van der Waals surface area (Å²) in [6.07, 6.45) is 0.949. The van der Waals surface area contributed by atoms with Gasteiger partial charge in [-0.25, -0.2) is 4.79 Å². The third-order valence-electron chi connectivity index (χ3n) is 5.58. The molecule has 0 aliphatic heterocycles. The normalized spacial score (nSPS) is 13.3. The Labute approximate surface area is 246 Å². The second kappa shape index (κ2) is 21.2. The lowest BCUT2D eigenvalue weighted by atomic mass is 10.1. The van der Waals surface area contributed by atoms with Crippen molar-refractivity contribution in [3.63, 3.8) is 0 Å². The molecule has 4 atom stereocenters. The Morgan fingerprint density at radius 3 is 1.81 bits per heavy atom. The van der Waals surface area contributed by atoms with Crippen molar-refractivity contribution in [1.82, 2.24) is 26.6 Å². The summed E-state index contributed by atoms with van der Waals surface area (Å²) in [5, 5.41) is 38.0. The zero-order chi connectivity index (χ0) is 32.9. The molecule has 0 aromatic heterocycles. The number of aliphatic imine (C=N–C) groups is 1. The predicted octanol–water partition coefficient (Wildman–Crippen LogP) is -6.27. The van der Waals surface area contributed by atoms with Gasteiger partial charge in [0.05, 0.1) is 32.2 Å². The van der Waals surface area contributed by atoms with Crippen LogP contribution in [0.15, 0.2) is 4.99 Å². The Hall–Kier alpha value is -4.56. The van der Waals surface area contributed by atoms with E-state index in [0.717, 1.165) is 0 Å². The Bertz CT molecular complexity index is 1010. The number of carbonyl (C=O) groups excluding carboxylic acids is 5. The van der Waals surface area contributed by atoms with E-state index < -0.39 is 91.8 Å². The molecule has 20 heteroatoms. The van der Waals surface area contributed by atoms with Gasteiger partial charge in [0.1, 0.15) is 18.1 Å². The van der Waals surface area contributed by atoms with Crippen molar-refractivity contribution in [1.29, 1.82) is 0 Å². The van der Waals surface area contributed by atoms with Gasteiger partial charge in [-0.1, -0.05) is 6.42 Å².